The fraction of sp³-hybridized carbons (Fsp3) is 0.900. The summed E-state index contributed by atoms with van der Waals surface area (Å²) in [6.45, 7) is 7.91. The molecule has 0 fully saturated rings. The van der Waals surface area contributed by atoms with Gasteiger partial charge in [0, 0.05) is 0 Å². The van der Waals surface area contributed by atoms with E-state index in [9.17, 15) is 8.42 Å². The molecule has 0 bridgehead atoms. The van der Waals surface area contributed by atoms with Gasteiger partial charge in [0.15, 0.2) is 0 Å². The van der Waals surface area contributed by atoms with Crippen LogP contribution in [0.4, 0.5) is 0 Å². The van der Waals surface area contributed by atoms with Crippen LogP contribution < -0.4 is 0 Å². The average molecular weight is 221 g/mol. The summed E-state index contributed by atoms with van der Waals surface area (Å²) in [6, 6.07) is 0. The first-order chi connectivity index (χ1) is 6.52. The molecule has 0 spiro atoms. The van der Waals surface area contributed by atoms with Crippen molar-refractivity contribution in [3.05, 3.63) is 6.92 Å². The Bertz CT molecular complexity index is 222. The third-order valence-electron chi connectivity index (χ3n) is 1.99. The van der Waals surface area contributed by atoms with E-state index in [-0.39, 0.29) is 11.7 Å². The quantitative estimate of drug-likeness (QED) is 0.467. The molecule has 1 unspecified atom stereocenters. The Balaban J connectivity index is 3.73. The van der Waals surface area contributed by atoms with Crippen molar-refractivity contribution in [2.45, 2.75) is 39.5 Å². The molecule has 0 rings (SSSR count). The molecule has 1 atom stereocenters. The molecule has 0 aliphatic heterocycles. The van der Waals surface area contributed by atoms with E-state index in [4.69, 9.17) is 4.18 Å². The van der Waals surface area contributed by atoms with Crippen molar-refractivity contribution >= 4 is 10.1 Å². The van der Waals surface area contributed by atoms with E-state index >= 15 is 0 Å². The van der Waals surface area contributed by atoms with Crippen molar-refractivity contribution in [1.82, 2.24) is 0 Å². The van der Waals surface area contributed by atoms with Gasteiger partial charge in [-0.3, -0.25) is 4.18 Å². The van der Waals surface area contributed by atoms with Crippen LogP contribution in [0.25, 0.3) is 0 Å². The molecule has 14 heavy (non-hydrogen) atoms. The second-order valence-electron chi connectivity index (χ2n) is 3.65. The number of hydrogen-bond acceptors (Lipinski definition) is 3. The first-order valence-corrected chi connectivity index (χ1v) is 6.76. The van der Waals surface area contributed by atoms with Gasteiger partial charge in [0.1, 0.15) is 0 Å². The predicted molar refractivity (Wildman–Crippen MR) is 58.4 cm³/mol. The molecular formula is C10H21O3S. The molecular weight excluding hydrogens is 200 g/mol. The van der Waals surface area contributed by atoms with Crippen LogP contribution in [-0.4, -0.2) is 20.8 Å². The standard InChI is InChI=1S/C10H21O3S/c1-4-6-7-8-13-14(11,12)9-10(3)5-2/h10H,2,4-9H2,1,3H3. The lowest BCUT2D eigenvalue weighted by atomic mass is 10.2. The van der Waals surface area contributed by atoms with Gasteiger partial charge in [-0.05, 0) is 18.8 Å². The average Bonchev–Trinajstić information content (AvgIpc) is 2.12. The molecule has 4 heteroatoms. The zero-order valence-corrected chi connectivity index (χ0v) is 9.98. The Labute approximate surface area is 88.0 Å². The highest BCUT2D eigenvalue weighted by molar-refractivity contribution is 7.86. The summed E-state index contributed by atoms with van der Waals surface area (Å²) in [7, 11) is -3.31. The molecule has 0 N–H and O–H groups in total. The zero-order chi connectivity index (χ0) is 11.0. The van der Waals surface area contributed by atoms with Crippen LogP contribution >= 0.6 is 0 Å². The van der Waals surface area contributed by atoms with Crippen LogP contribution in [0.5, 0.6) is 0 Å². The van der Waals surface area contributed by atoms with E-state index < -0.39 is 10.1 Å². The summed E-state index contributed by atoms with van der Waals surface area (Å²) in [5.41, 5.74) is 0. The molecule has 0 aromatic carbocycles. The van der Waals surface area contributed by atoms with Crippen molar-refractivity contribution in [2.75, 3.05) is 12.4 Å². The molecule has 0 aromatic heterocycles. The van der Waals surface area contributed by atoms with Gasteiger partial charge in [0.25, 0.3) is 10.1 Å². The molecule has 0 saturated heterocycles. The Morgan fingerprint density at radius 1 is 1.36 bits per heavy atom. The number of hydrogen-bond donors (Lipinski definition) is 0. The van der Waals surface area contributed by atoms with Gasteiger partial charge < -0.3 is 0 Å². The van der Waals surface area contributed by atoms with Crippen molar-refractivity contribution in [1.29, 1.82) is 0 Å². The van der Waals surface area contributed by atoms with E-state index in [0.717, 1.165) is 19.3 Å². The highest BCUT2D eigenvalue weighted by Crippen LogP contribution is 2.07. The van der Waals surface area contributed by atoms with Crippen LogP contribution in [0.1, 0.15) is 39.5 Å². The highest BCUT2D eigenvalue weighted by atomic mass is 32.2. The normalized spacial score (nSPS) is 14.2. The predicted octanol–water partition coefficient (Wildman–Crippen LogP) is 2.38. The Morgan fingerprint density at radius 3 is 2.50 bits per heavy atom. The van der Waals surface area contributed by atoms with Crippen LogP contribution in [0.3, 0.4) is 0 Å². The second-order valence-corrected chi connectivity index (χ2v) is 5.33. The van der Waals surface area contributed by atoms with Crippen LogP contribution in [0.15, 0.2) is 0 Å². The Morgan fingerprint density at radius 2 is 2.00 bits per heavy atom. The largest absolute Gasteiger partial charge is 0.270 e. The summed E-state index contributed by atoms with van der Waals surface area (Å²) >= 11 is 0. The number of rotatable bonds is 8. The molecule has 0 aliphatic carbocycles. The smallest absolute Gasteiger partial charge is 0.267 e. The van der Waals surface area contributed by atoms with Gasteiger partial charge in [-0.15, -0.1) is 0 Å². The Hall–Kier alpha value is -0.0900. The fourth-order valence-electron chi connectivity index (χ4n) is 1.02. The Kier molecular flexibility index (Phi) is 7.19. The van der Waals surface area contributed by atoms with Gasteiger partial charge in [0.05, 0.1) is 12.4 Å². The zero-order valence-electron chi connectivity index (χ0n) is 9.16. The highest BCUT2D eigenvalue weighted by Gasteiger charge is 2.14. The fourth-order valence-corrected chi connectivity index (χ4v) is 2.35. The van der Waals surface area contributed by atoms with E-state index in [0.29, 0.717) is 13.0 Å². The maximum Gasteiger partial charge on any atom is 0.267 e. The van der Waals surface area contributed by atoms with E-state index in [1.807, 2.05) is 6.92 Å². The minimum Gasteiger partial charge on any atom is -0.270 e. The minimum atomic E-state index is -3.31. The van der Waals surface area contributed by atoms with Crippen LogP contribution in [0.2, 0.25) is 0 Å². The van der Waals surface area contributed by atoms with Crippen molar-refractivity contribution in [3.8, 4) is 0 Å². The second kappa shape index (κ2) is 7.23. The van der Waals surface area contributed by atoms with E-state index in [2.05, 4.69) is 13.8 Å². The summed E-state index contributed by atoms with van der Waals surface area (Å²) in [5.74, 6) is 0.161. The third kappa shape index (κ3) is 7.33. The van der Waals surface area contributed by atoms with E-state index in [1.54, 1.807) is 0 Å². The van der Waals surface area contributed by atoms with Crippen LogP contribution in [0, 0.1) is 12.8 Å². The van der Waals surface area contributed by atoms with E-state index in [1.165, 1.54) is 0 Å². The molecule has 0 aromatic rings. The summed E-state index contributed by atoms with van der Waals surface area (Å²) in [5, 5.41) is 0. The molecule has 3 nitrogen and oxygen atoms in total. The van der Waals surface area contributed by atoms with Gasteiger partial charge >= 0.3 is 0 Å². The monoisotopic (exact) mass is 221 g/mol. The molecule has 0 amide bonds. The molecule has 85 valence electrons. The third-order valence-corrected chi connectivity index (χ3v) is 3.50. The van der Waals surface area contributed by atoms with Crippen molar-refractivity contribution in [2.24, 2.45) is 5.92 Å². The van der Waals surface area contributed by atoms with Crippen molar-refractivity contribution < 1.29 is 12.6 Å². The van der Waals surface area contributed by atoms with Crippen molar-refractivity contribution in [3.63, 3.8) is 0 Å². The first kappa shape index (κ1) is 13.9. The van der Waals surface area contributed by atoms with Crippen LogP contribution in [-0.2, 0) is 14.3 Å². The maximum absolute atomic E-state index is 11.3. The number of unbranched alkanes of at least 4 members (excludes halogenated alkanes) is 2. The molecule has 0 aliphatic rings. The maximum atomic E-state index is 11.3. The van der Waals surface area contributed by atoms with Gasteiger partial charge in [-0.1, -0.05) is 33.6 Å². The summed E-state index contributed by atoms with van der Waals surface area (Å²) < 4.78 is 27.5. The summed E-state index contributed by atoms with van der Waals surface area (Å²) in [6.07, 6.45) is 3.52. The minimum absolute atomic E-state index is 0.0752. The lowest BCUT2D eigenvalue weighted by Gasteiger charge is -2.09. The summed E-state index contributed by atoms with van der Waals surface area (Å²) in [4.78, 5) is 0. The lowest BCUT2D eigenvalue weighted by molar-refractivity contribution is 0.305. The molecule has 0 saturated carbocycles. The molecule has 1 radical (unpaired) electrons. The van der Waals surface area contributed by atoms with Gasteiger partial charge in [-0.25, -0.2) is 0 Å². The topological polar surface area (TPSA) is 43.4 Å². The SMILES string of the molecule is [CH2]CC(C)CS(=O)(=O)OCCCCC. The van der Waals surface area contributed by atoms with Gasteiger partial charge in [0.2, 0.25) is 0 Å². The lowest BCUT2D eigenvalue weighted by Crippen LogP contribution is -2.16. The molecule has 0 heterocycles. The van der Waals surface area contributed by atoms with Gasteiger partial charge in [-0.2, -0.15) is 8.42 Å². The first-order valence-electron chi connectivity index (χ1n) is 5.18.